The van der Waals surface area contributed by atoms with Crippen LogP contribution in [0.4, 0.5) is 0 Å². The van der Waals surface area contributed by atoms with Gasteiger partial charge in [0.25, 0.3) is 5.91 Å². The van der Waals surface area contributed by atoms with E-state index in [1.807, 2.05) is 19.9 Å². The van der Waals surface area contributed by atoms with Crippen LogP contribution in [-0.2, 0) is 9.59 Å². The Morgan fingerprint density at radius 3 is 2.74 bits per heavy atom. The number of rotatable bonds is 2. The van der Waals surface area contributed by atoms with E-state index in [4.69, 9.17) is 9.47 Å². The Kier molecular flexibility index (Phi) is 5.24. The minimum absolute atomic E-state index is 0.117. The highest BCUT2D eigenvalue weighted by molar-refractivity contribution is 8.03. The first-order chi connectivity index (χ1) is 13.0. The summed E-state index contributed by atoms with van der Waals surface area (Å²) >= 11 is 1.32. The highest BCUT2D eigenvalue weighted by Gasteiger charge is 2.64. The van der Waals surface area contributed by atoms with Gasteiger partial charge in [-0.15, -0.1) is 11.8 Å². The Morgan fingerprint density at radius 1 is 1.37 bits per heavy atom. The summed E-state index contributed by atoms with van der Waals surface area (Å²) in [6.07, 6.45) is 0.309. The molecule has 1 aromatic rings. The van der Waals surface area contributed by atoms with E-state index in [1.54, 1.807) is 31.0 Å². The predicted octanol–water partition coefficient (Wildman–Crippen LogP) is 2.43. The van der Waals surface area contributed by atoms with Crippen molar-refractivity contribution in [1.29, 1.82) is 5.26 Å². The first kappa shape index (κ1) is 19.4. The smallest absolute Gasteiger partial charge is 0.256 e. The molecule has 0 bridgehead atoms. The molecule has 8 heteroatoms. The van der Waals surface area contributed by atoms with Crippen molar-refractivity contribution in [2.24, 2.45) is 5.92 Å². The largest absolute Gasteiger partial charge is 0.454 e. The Bertz CT molecular complexity index is 809. The molecule has 27 heavy (non-hydrogen) atoms. The number of nitrogens with one attached hydrogen (secondary N) is 1. The van der Waals surface area contributed by atoms with Crippen molar-refractivity contribution in [3.05, 3.63) is 23.8 Å². The number of nitriles is 1. The van der Waals surface area contributed by atoms with Gasteiger partial charge < -0.3 is 19.7 Å². The molecule has 1 aromatic carbocycles. The average molecular weight is 389 g/mol. The average Bonchev–Trinajstić information content (AvgIpc) is 3.35. The van der Waals surface area contributed by atoms with Crippen LogP contribution in [0.2, 0.25) is 0 Å². The number of fused-ring (bicyclic) bond motifs is 2. The zero-order valence-corrected chi connectivity index (χ0v) is 16.6. The van der Waals surface area contributed by atoms with Gasteiger partial charge in [-0.05, 0) is 24.6 Å². The number of hydrogen-bond donors (Lipinski definition) is 1. The third-order valence-electron chi connectivity index (χ3n) is 4.99. The molecular formula is C19H23N3O4S. The molecule has 4 atom stereocenters. The molecule has 0 aromatic heterocycles. The number of carbonyl (C=O) groups excluding carboxylic acids is 2. The van der Waals surface area contributed by atoms with Crippen molar-refractivity contribution in [1.82, 2.24) is 10.2 Å². The van der Waals surface area contributed by atoms with Crippen LogP contribution in [0.5, 0.6) is 11.5 Å². The number of thioether (sulfide) groups is 1. The summed E-state index contributed by atoms with van der Waals surface area (Å²) in [4.78, 5) is 26.1. The lowest BCUT2D eigenvalue weighted by atomic mass is 9.94. The molecule has 2 amide bonds. The van der Waals surface area contributed by atoms with Crippen LogP contribution >= 0.6 is 11.8 Å². The van der Waals surface area contributed by atoms with E-state index in [1.165, 1.54) is 11.8 Å². The maximum Gasteiger partial charge on any atom is 0.256 e. The zero-order chi connectivity index (χ0) is 19.8. The molecular weight excluding hydrogens is 366 g/mol. The lowest BCUT2D eigenvalue weighted by Gasteiger charge is -2.32. The van der Waals surface area contributed by atoms with Gasteiger partial charge in [0.15, 0.2) is 16.4 Å². The number of carbonyl (C=O) groups is 2. The maximum atomic E-state index is 12.9. The Hall–Kier alpha value is -2.40. The van der Waals surface area contributed by atoms with Crippen molar-refractivity contribution in [3.8, 4) is 17.6 Å². The molecule has 4 rings (SSSR count). The minimum atomic E-state index is -1.04. The summed E-state index contributed by atoms with van der Waals surface area (Å²) in [5, 5.41) is 12.0. The molecule has 1 N–H and O–H groups in total. The van der Waals surface area contributed by atoms with Crippen molar-refractivity contribution in [3.63, 3.8) is 0 Å². The molecule has 3 aliphatic heterocycles. The standard InChI is InChI=1S/C17H17N3O4S.C2H6/c1-9-15(21)20-14(10-3-4-12-13(5-10)24-8-23-12)11(7-18)6-17(20,25-9)16(22)19-2;1-2/h3-5,9,11,14H,6,8H2,1-2H3,(H,19,22);1-2H3. The summed E-state index contributed by atoms with van der Waals surface area (Å²) < 4.78 is 10.8. The van der Waals surface area contributed by atoms with Crippen LogP contribution in [0.3, 0.4) is 0 Å². The molecule has 7 nitrogen and oxygen atoms in total. The number of likely N-dealkylation sites (N-methyl/N-ethyl adjacent to an activating group) is 1. The minimum Gasteiger partial charge on any atom is -0.454 e. The van der Waals surface area contributed by atoms with Crippen LogP contribution < -0.4 is 14.8 Å². The zero-order valence-electron chi connectivity index (χ0n) is 15.8. The molecule has 2 saturated heterocycles. The molecule has 0 spiro atoms. The molecule has 3 aliphatic rings. The van der Waals surface area contributed by atoms with E-state index >= 15 is 0 Å². The van der Waals surface area contributed by atoms with E-state index in [0.29, 0.717) is 17.9 Å². The highest BCUT2D eigenvalue weighted by atomic mass is 32.2. The van der Waals surface area contributed by atoms with E-state index in [9.17, 15) is 14.9 Å². The monoisotopic (exact) mass is 389 g/mol. The van der Waals surface area contributed by atoms with Gasteiger partial charge in [0.2, 0.25) is 12.7 Å². The maximum absolute atomic E-state index is 12.9. The number of hydrogen-bond acceptors (Lipinski definition) is 6. The normalized spacial score (nSPS) is 30.3. The third-order valence-corrected chi connectivity index (χ3v) is 6.48. The van der Waals surface area contributed by atoms with Crippen LogP contribution in [0, 0.1) is 17.2 Å². The van der Waals surface area contributed by atoms with Crippen LogP contribution in [-0.4, -0.2) is 40.7 Å². The Morgan fingerprint density at radius 2 is 2.07 bits per heavy atom. The van der Waals surface area contributed by atoms with E-state index in [-0.39, 0.29) is 23.9 Å². The topological polar surface area (TPSA) is 91.7 Å². The molecule has 0 aliphatic carbocycles. The molecule has 2 fully saturated rings. The molecule has 3 heterocycles. The predicted molar refractivity (Wildman–Crippen MR) is 101 cm³/mol. The summed E-state index contributed by atoms with van der Waals surface area (Å²) in [5.41, 5.74) is 0.782. The van der Waals surface area contributed by atoms with Gasteiger partial charge >= 0.3 is 0 Å². The summed E-state index contributed by atoms with van der Waals surface area (Å²) in [5.74, 6) is 0.414. The first-order valence-electron chi connectivity index (χ1n) is 9.04. The number of benzene rings is 1. The van der Waals surface area contributed by atoms with Crippen LogP contribution in [0.1, 0.15) is 38.8 Å². The number of ether oxygens (including phenoxy) is 2. The SMILES string of the molecule is CC.CNC(=O)C12CC(C#N)C(c3ccc4c(c3)OCO4)N1C(=O)C(C)S2. The van der Waals surface area contributed by atoms with Crippen molar-refractivity contribution >= 4 is 23.6 Å². The van der Waals surface area contributed by atoms with Gasteiger partial charge in [-0.1, -0.05) is 19.9 Å². The molecule has 144 valence electrons. The second-order valence-corrected chi connectivity index (χ2v) is 7.95. The van der Waals surface area contributed by atoms with Gasteiger partial charge in [-0.25, -0.2) is 0 Å². The number of nitrogens with zero attached hydrogens (tertiary/aromatic N) is 2. The fourth-order valence-electron chi connectivity index (χ4n) is 3.92. The fourth-order valence-corrected chi connectivity index (χ4v) is 5.52. The van der Waals surface area contributed by atoms with Gasteiger partial charge in [-0.2, -0.15) is 5.26 Å². The van der Waals surface area contributed by atoms with E-state index < -0.39 is 16.8 Å². The van der Waals surface area contributed by atoms with Gasteiger partial charge in [0.05, 0.1) is 23.3 Å². The summed E-state index contributed by atoms with van der Waals surface area (Å²) in [6.45, 7) is 5.96. The van der Waals surface area contributed by atoms with Crippen molar-refractivity contribution < 1.29 is 19.1 Å². The van der Waals surface area contributed by atoms with Crippen molar-refractivity contribution in [2.75, 3.05) is 13.8 Å². The third kappa shape index (κ3) is 2.81. The van der Waals surface area contributed by atoms with Gasteiger partial charge in [0, 0.05) is 13.5 Å². The highest BCUT2D eigenvalue weighted by Crippen LogP contribution is 2.58. The van der Waals surface area contributed by atoms with Gasteiger partial charge in [0.1, 0.15) is 0 Å². The molecule has 0 saturated carbocycles. The summed E-state index contributed by atoms with van der Waals surface area (Å²) in [7, 11) is 1.55. The molecule has 0 radical (unpaired) electrons. The second kappa shape index (κ2) is 7.31. The quantitative estimate of drug-likeness (QED) is 0.835. The van der Waals surface area contributed by atoms with Crippen LogP contribution in [0.15, 0.2) is 18.2 Å². The van der Waals surface area contributed by atoms with Crippen LogP contribution in [0.25, 0.3) is 0 Å². The first-order valence-corrected chi connectivity index (χ1v) is 9.92. The van der Waals surface area contributed by atoms with Crippen molar-refractivity contribution in [2.45, 2.75) is 43.4 Å². The Balaban J connectivity index is 0.00000102. The lowest BCUT2D eigenvalue weighted by molar-refractivity contribution is -0.139. The Labute approximate surface area is 163 Å². The van der Waals surface area contributed by atoms with E-state index in [2.05, 4.69) is 11.4 Å². The summed E-state index contributed by atoms with van der Waals surface area (Å²) in [6, 6.07) is 7.23. The fraction of sp³-hybridized carbons (Fsp3) is 0.526. The van der Waals surface area contributed by atoms with E-state index in [0.717, 1.165) is 5.56 Å². The molecule has 4 unspecified atom stereocenters. The van der Waals surface area contributed by atoms with Gasteiger partial charge in [-0.3, -0.25) is 9.59 Å². The lowest BCUT2D eigenvalue weighted by Crippen LogP contribution is -2.50. The second-order valence-electron chi connectivity index (χ2n) is 6.33. The number of amides is 2.